The van der Waals surface area contributed by atoms with Crippen LogP contribution in [-0.2, 0) is 6.54 Å². The molecule has 7 heteroatoms. The molecule has 0 aliphatic rings. The Bertz CT molecular complexity index is 526. The van der Waals surface area contributed by atoms with Crippen molar-refractivity contribution in [3.63, 3.8) is 0 Å². The standard InChI is InChI=1S/C10H11N5O2/c16-9-3-2-8(13-14-9)10(17)11-5-7-15-6-1-4-12-15/h1-4,6H,5,7H2,(H,11,17)(H,14,16). The van der Waals surface area contributed by atoms with E-state index in [2.05, 4.69) is 20.6 Å². The summed E-state index contributed by atoms with van der Waals surface area (Å²) in [7, 11) is 0. The number of aromatic nitrogens is 4. The summed E-state index contributed by atoms with van der Waals surface area (Å²) in [6, 6.07) is 4.45. The monoisotopic (exact) mass is 233 g/mol. The Morgan fingerprint density at radius 2 is 2.35 bits per heavy atom. The van der Waals surface area contributed by atoms with Crippen LogP contribution in [0, 0.1) is 0 Å². The van der Waals surface area contributed by atoms with E-state index in [9.17, 15) is 9.59 Å². The minimum Gasteiger partial charge on any atom is -0.349 e. The van der Waals surface area contributed by atoms with Gasteiger partial charge in [-0.1, -0.05) is 0 Å². The molecule has 0 saturated carbocycles. The lowest BCUT2D eigenvalue weighted by molar-refractivity contribution is 0.0946. The van der Waals surface area contributed by atoms with Crippen LogP contribution in [0.3, 0.4) is 0 Å². The molecule has 0 unspecified atom stereocenters. The highest BCUT2D eigenvalue weighted by molar-refractivity contribution is 5.91. The lowest BCUT2D eigenvalue weighted by Crippen LogP contribution is -2.29. The number of carbonyl (C=O) groups excluding carboxylic acids is 1. The number of hydrogen-bond donors (Lipinski definition) is 2. The first kappa shape index (κ1) is 11.1. The Morgan fingerprint density at radius 1 is 1.47 bits per heavy atom. The zero-order valence-corrected chi connectivity index (χ0v) is 8.96. The smallest absolute Gasteiger partial charge is 0.271 e. The van der Waals surface area contributed by atoms with Gasteiger partial charge in [-0.2, -0.15) is 10.2 Å². The van der Waals surface area contributed by atoms with E-state index in [4.69, 9.17) is 0 Å². The van der Waals surface area contributed by atoms with Crippen molar-refractivity contribution < 1.29 is 4.79 Å². The first-order chi connectivity index (χ1) is 8.25. The second kappa shape index (κ2) is 5.06. The molecule has 2 rings (SSSR count). The van der Waals surface area contributed by atoms with Crippen molar-refractivity contribution in [3.05, 3.63) is 46.6 Å². The van der Waals surface area contributed by atoms with Crippen LogP contribution in [0.25, 0.3) is 0 Å². The highest BCUT2D eigenvalue weighted by atomic mass is 16.2. The SMILES string of the molecule is O=C(NCCn1cccn1)c1ccc(=O)[nH]n1. The van der Waals surface area contributed by atoms with Crippen LogP contribution in [0.2, 0.25) is 0 Å². The van der Waals surface area contributed by atoms with Crippen molar-refractivity contribution in [3.8, 4) is 0 Å². The Morgan fingerprint density at radius 3 is 3.00 bits per heavy atom. The van der Waals surface area contributed by atoms with Crippen LogP contribution in [0.15, 0.2) is 35.4 Å². The molecular formula is C10H11N5O2. The second-order valence-corrected chi connectivity index (χ2v) is 3.33. The lowest BCUT2D eigenvalue weighted by Gasteiger charge is -2.04. The Labute approximate surface area is 96.5 Å². The minimum atomic E-state index is -0.335. The highest BCUT2D eigenvalue weighted by Crippen LogP contribution is 1.88. The van der Waals surface area contributed by atoms with E-state index in [1.165, 1.54) is 12.1 Å². The van der Waals surface area contributed by atoms with Gasteiger partial charge in [-0.05, 0) is 12.1 Å². The lowest BCUT2D eigenvalue weighted by atomic mass is 10.3. The van der Waals surface area contributed by atoms with Gasteiger partial charge in [0, 0.05) is 25.0 Å². The molecule has 88 valence electrons. The van der Waals surface area contributed by atoms with Crippen molar-refractivity contribution in [2.45, 2.75) is 6.54 Å². The van der Waals surface area contributed by atoms with Crippen LogP contribution >= 0.6 is 0 Å². The highest BCUT2D eigenvalue weighted by Gasteiger charge is 2.05. The van der Waals surface area contributed by atoms with E-state index < -0.39 is 0 Å². The molecule has 0 aromatic carbocycles. The average Bonchev–Trinajstić information content (AvgIpc) is 2.83. The summed E-state index contributed by atoms with van der Waals surface area (Å²) in [5.74, 6) is -0.326. The van der Waals surface area contributed by atoms with Gasteiger partial charge in [0.2, 0.25) is 0 Å². The van der Waals surface area contributed by atoms with Crippen LogP contribution in [0.4, 0.5) is 0 Å². The van der Waals surface area contributed by atoms with Gasteiger partial charge in [-0.15, -0.1) is 0 Å². The summed E-state index contributed by atoms with van der Waals surface area (Å²) in [6.45, 7) is 1.03. The molecule has 0 spiro atoms. The van der Waals surface area contributed by atoms with Crippen LogP contribution in [-0.4, -0.2) is 32.4 Å². The van der Waals surface area contributed by atoms with Crippen LogP contribution in [0.1, 0.15) is 10.5 Å². The second-order valence-electron chi connectivity index (χ2n) is 3.33. The zero-order valence-electron chi connectivity index (χ0n) is 8.96. The van der Waals surface area contributed by atoms with Gasteiger partial charge in [0.05, 0.1) is 6.54 Å². The molecule has 0 saturated heterocycles. The van der Waals surface area contributed by atoms with E-state index in [0.29, 0.717) is 13.1 Å². The number of aromatic amines is 1. The number of hydrogen-bond acceptors (Lipinski definition) is 4. The van der Waals surface area contributed by atoms with Crippen molar-refractivity contribution in [2.24, 2.45) is 0 Å². The summed E-state index contributed by atoms with van der Waals surface area (Å²) in [4.78, 5) is 22.3. The number of H-pyrrole nitrogens is 1. The maximum absolute atomic E-state index is 11.6. The topological polar surface area (TPSA) is 92.7 Å². The molecule has 17 heavy (non-hydrogen) atoms. The molecule has 0 aliphatic carbocycles. The molecule has 0 radical (unpaired) electrons. The van der Waals surface area contributed by atoms with Crippen molar-refractivity contribution in [1.82, 2.24) is 25.3 Å². The first-order valence-corrected chi connectivity index (χ1v) is 5.07. The Kier molecular flexibility index (Phi) is 3.29. The third kappa shape index (κ3) is 3.00. The minimum absolute atomic E-state index is 0.185. The summed E-state index contributed by atoms with van der Waals surface area (Å²) < 4.78 is 1.71. The third-order valence-corrected chi connectivity index (χ3v) is 2.10. The summed E-state index contributed by atoms with van der Waals surface area (Å²) in [5.41, 5.74) is -0.150. The summed E-state index contributed by atoms with van der Waals surface area (Å²) in [5, 5.41) is 12.5. The number of carbonyl (C=O) groups is 1. The summed E-state index contributed by atoms with van der Waals surface area (Å²) in [6.07, 6.45) is 3.48. The number of amides is 1. The fourth-order valence-corrected chi connectivity index (χ4v) is 1.28. The maximum Gasteiger partial charge on any atom is 0.271 e. The Hall–Kier alpha value is -2.44. The zero-order chi connectivity index (χ0) is 12.1. The molecule has 0 aliphatic heterocycles. The van der Waals surface area contributed by atoms with E-state index in [1.54, 1.807) is 10.9 Å². The molecule has 2 N–H and O–H groups in total. The maximum atomic E-state index is 11.6. The average molecular weight is 233 g/mol. The van der Waals surface area contributed by atoms with Crippen LogP contribution in [0.5, 0.6) is 0 Å². The van der Waals surface area contributed by atoms with E-state index in [-0.39, 0.29) is 17.2 Å². The van der Waals surface area contributed by atoms with Gasteiger partial charge >= 0.3 is 0 Å². The fraction of sp³-hybridized carbons (Fsp3) is 0.200. The quantitative estimate of drug-likeness (QED) is 0.737. The van der Waals surface area contributed by atoms with Crippen molar-refractivity contribution in [1.29, 1.82) is 0 Å². The Balaban J connectivity index is 1.85. The van der Waals surface area contributed by atoms with Gasteiger partial charge in [-0.3, -0.25) is 14.3 Å². The first-order valence-electron chi connectivity index (χ1n) is 5.07. The fourth-order valence-electron chi connectivity index (χ4n) is 1.28. The van der Waals surface area contributed by atoms with Crippen molar-refractivity contribution >= 4 is 5.91 Å². The molecule has 0 atom stereocenters. The normalized spacial score (nSPS) is 10.1. The van der Waals surface area contributed by atoms with E-state index >= 15 is 0 Å². The van der Waals surface area contributed by atoms with Gasteiger partial charge < -0.3 is 5.32 Å². The number of nitrogens with one attached hydrogen (secondary N) is 2. The number of rotatable bonds is 4. The van der Waals surface area contributed by atoms with Gasteiger partial charge in [0.1, 0.15) is 5.69 Å². The third-order valence-electron chi connectivity index (χ3n) is 2.10. The van der Waals surface area contributed by atoms with E-state index in [1.807, 2.05) is 12.3 Å². The number of nitrogens with zero attached hydrogens (tertiary/aromatic N) is 3. The molecule has 0 bridgehead atoms. The van der Waals surface area contributed by atoms with Gasteiger partial charge in [-0.25, -0.2) is 5.10 Å². The van der Waals surface area contributed by atoms with Crippen LogP contribution < -0.4 is 10.9 Å². The largest absolute Gasteiger partial charge is 0.349 e. The van der Waals surface area contributed by atoms with Gasteiger partial charge in [0.25, 0.3) is 11.5 Å². The molecule has 2 aromatic rings. The summed E-state index contributed by atoms with van der Waals surface area (Å²) >= 11 is 0. The van der Waals surface area contributed by atoms with Gasteiger partial charge in [0.15, 0.2) is 0 Å². The molecule has 2 aromatic heterocycles. The molecule has 0 fully saturated rings. The van der Waals surface area contributed by atoms with Crippen molar-refractivity contribution in [2.75, 3.05) is 6.54 Å². The molecule has 1 amide bonds. The predicted molar refractivity (Wildman–Crippen MR) is 59.4 cm³/mol. The predicted octanol–water partition coefficient (Wildman–Crippen LogP) is -0.604. The molecule has 2 heterocycles. The molecular weight excluding hydrogens is 222 g/mol. The van der Waals surface area contributed by atoms with E-state index in [0.717, 1.165) is 0 Å². The molecule has 7 nitrogen and oxygen atoms in total.